The van der Waals surface area contributed by atoms with Gasteiger partial charge in [-0.1, -0.05) is 29.3 Å². The fourth-order valence-corrected chi connectivity index (χ4v) is 4.79. The number of hydroxylamine groups is 1. The molecule has 2 aliphatic heterocycles. The molecule has 0 bridgehead atoms. The fourth-order valence-electron chi connectivity index (χ4n) is 4.47. The summed E-state index contributed by atoms with van der Waals surface area (Å²) in [5.41, 5.74) is 1.73. The van der Waals surface area contributed by atoms with Crippen molar-refractivity contribution < 1.29 is 23.9 Å². The zero-order valence-electron chi connectivity index (χ0n) is 18.3. The van der Waals surface area contributed by atoms with E-state index in [1.807, 2.05) is 6.07 Å². The Morgan fingerprint density at radius 1 is 0.824 bits per heavy atom. The maximum atomic E-state index is 13.7. The summed E-state index contributed by atoms with van der Waals surface area (Å²) in [4.78, 5) is 34.4. The fraction of sp³-hybridized carbons (Fsp3) is 0.200. The van der Waals surface area contributed by atoms with E-state index in [1.165, 1.54) is 7.11 Å². The normalized spacial score (nSPS) is 21.7. The van der Waals surface area contributed by atoms with Crippen molar-refractivity contribution in [2.45, 2.75) is 12.1 Å². The van der Waals surface area contributed by atoms with E-state index in [1.54, 1.807) is 72.8 Å². The van der Waals surface area contributed by atoms with Gasteiger partial charge < -0.3 is 9.47 Å². The summed E-state index contributed by atoms with van der Waals surface area (Å²) in [6.07, 6.45) is -1.01. The van der Waals surface area contributed by atoms with Gasteiger partial charge in [0.15, 0.2) is 6.10 Å². The largest absolute Gasteiger partial charge is 0.497 e. The molecule has 0 radical (unpaired) electrons. The monoisotopic (exact) mass is 498 g/mol. The number of carbonyl (C=O) groups is 2. The molecule has 7 nitrogen and oxygen atoms in total. The lowest BCUT2D eigenvalue weighted by atomic mass is 9.90. The smallest absolute Gasteiger partial charge is 0.266 e. The van der Waals surface area contributed by atoms with E-state index in [2.05, 4.69) is 0 Å². The number of rotatable bonds is 5. The zero-order valence-corrected chi connectivity index (χ0v) is 19.8. The van der Waals surface area contributed by atoms with E-state index < -0.39 is 24.0 Å². The maximum absolute atomic E-state index is 13.7. The highest BCUT2D eigenvalue weighted by Crippen LogP contribution is 2.50. The predicted octanol–water partition coefficient (Wildman–Crippen LogP) is 5.06. The van der Waals surface area contributed by atoms with Crippen LogP contribution >= 0.6 is 23.2 Å². The first kappa shape index (κ1) is 22.5. The van der Waals surface area contributed by atoms with Crippen LogP contribution in [-0.4, -0.2) is 32.1 Å². The molecule has 9 heteroatoms. The van der Waals surface area contributed by atoms with Crippen LogP contribution in [0.1, 0.15) is 11.6 Å². The van der Waals surface area contributed by atoms with Crippen molar-refractivity contribution in [3.63, 3.8) is 0 Å². The lowest BCUT2D eigenvalue weighted by molar-refractivity contribution is -0.126. The van der Waals surface area contributed by atoms with Crippen LogP contribution in [0, 0.1) is 5.92 Å². The quantitative estimate of drug-likeness (QED) is 0.458. The number of benzene rings is 3. The maximum Gasteiger partial charge on any atom is 0.266 e. The summed E-state index contributed by atoms with van der Waals surface area (Å²) in [6.45, 7) is 0. The third kappa shape index (κ3) is 3.66. The van der Waals surface area contributed by atoms with Gasteiger partial charge in [0.25, 0.3) is 5.91 Å². The summed E-state index contributed by atoms with van der Waals surface area (Å²) in [5.74, 6) is -0.537. The van der Waals surface area contributed by atoms with Gasteiger partial charge in [0.05, 0.1) is 31.6 Å². The molecule has 2 fully saturated rings. The summed E-state index contributed by atoms with van der Waals surface area (Å²) >= 11 is 12.2. The Labute approximate surface area is 206 Å². The number of ether oxygens (including phenoxy) is 2. The minimum atomic E-state index is -1.01. The standard InChI is InChI=1S/C25H20Cl2N2O5/c1-32-18-10-11-19(20(13-18)33-2)22-21-23(34-29(22)16-8-6-14(26)7-9-16)25(31)28(24(21)30)17-5-3-4-15(27)12-17/h3-13,21-23H,1-2H3/t21-,22+,23-/m1/s1. The number of fused-ring (bicyclic) bond motifs is 1. The molecule has 2 aliphatic rings. The molecule has 3 aromatic rings. The number of carbonyl (C=O) groups excluding carboxylic acids is 2. The van der Waals surface area contributed by atoms with E-state index in [9.17, 15) is 9.59 Å². The van der Waals surface area contributed by atoms with E-state index in [0.29, 0.717) is 38.5 Å². The molecule has 0 aliphatic carbocycles. The van der Waals surface area contributed by atoms with E-state index >= 15 is 0 Å². The highest BCUT2D eigenvalue weighted by molar-refractivity contribution is 6.31. The molecule has 0 unspecified atom stereocenters. The average Bonchev–Trinajstić information content (AvgIpc) is 3.34. The molecule has 5 rings (SSSR count). The first-order valence-corrected chi connectivity index (χ1v) is 11.3. The minimum absolute atomic E-state index is 0.378. The van der Waals surface area contributed by atoms with Crippen molar-refractivity contribution >= 4 is 46.4 Å². The van der Waals surface area contributed by atoms with Crippen LogP contribution < -0.4 is 19.4 Å². The van der Waals surface area contributed by atoms with E-state index in [4.69, 9.17) is 37.5 Å². The number of methoxy groups -OCH3 is 2. The summed E-state index contributed by atoms with van der Waals surface area (Å²) < 4.78 is 11.0. The Kier molecular flexibility index (Phi) is 5.85. The Hall–Kier alpha value is -3.26. The second kappa shape index (κ2) is 8.83. The van der Waals surface area contributed by atoms with Gasteiger partial charge in [-0.15, -0.1) is 0 Å². The third-order valence-electron chi connectivity index (χ3n) is 6.02. The topological polar surface area (TPSA) is 68.3 Å². The lowest BCUT2D eigenvalue weighted by Crippen LogP contribution is -2.37. The van der Waals surface area contributed by atoms with Gasteiger partial charge in [0.2, 0.25) is 5.91 Å². The molecule has 3 atom stereocenters. The molecule has 3 aromatic carbocycles. The minimum Gasteiger partial charge on any atom is -0.497 e. The molecular weight excluding hydrogens is 479 g/mol. The van der Waals surface area contributed by atoms with Crippen LogP contribution in [-0.2, 0) is 14.4 Å². The van der Waals surface area contributed by atoms with Crippen molar-refractivity contribution in [1.82, 2.24) is 0 Å². The zero-order chi connectivity index (χ0) is 24.0. The Morgan fingerprint density at radius 2 is 1.59 bits per heavy atom. The molecule has 0 saturated carbocycles. The van der Waals surface area contributed by atoms with Gasteiger partial charge in [-0.3, -0.25) is 14.4 Å². The lowest BCUT2D eigenvalue weighted by Gasteiger charge is -2.29. The average molecular weight is 499 g/mol. The highest BCUT2D eigenvalue weighted by Gasteiger charge is 2.60. The number of imide groups is 1. The molecule has 2 saturated heterocycles. The number of anilines is 2. The molecule has 0 aromatic heterocycles. The van der Waals surface area contributed by atoms with Gasteiger partial charge in [0, 0.05) is 21.7 Å². The van der Waals surface area contributed by atoms with E-state index in [-0.39, 0.29) is 5.91 Å². The van der Waals surface area contributed by atoms with Gasteiger partial charge >= 0.3 is 0 Å². The van der Waals surface area contributed by atoms with Crippen LogP contribution in [0.3, 0.4) is 0 Å². The van der Waals surface area contributed by atoms with Gasteiger partial charge in [-0.05, 0) is 54.6 Å². The Balaban J connectivity index is 1.63. The number of nitrogens with zero attached hydrogens (tertiary/aromatic N) is 2. The van der Waals surface area contributed by atoms with Gasteiger partial charge in [-0.2, -0.15) is 0 Å². The first-order valence-electron chi connectivity index (χ1n) is 10.5. The summed E-state index contributed by atoms with van der Waals surface area (Å²) in [6, 6.07) is 18.3. The Morgan fingerprint density at radius 3 is 2.26 bits per heavy atom. The third-order valence-corrected chi connectivity index (χ3v) is 6.51. The SMILES string of the molecule is COc1ccc([C@H]2[C@H]3C(=O)N(c4cccc(Cl)c4)C(=O)[C@@H]3ON2c2ccc(Cl)cc2)c(OC)c1. The van der Waals surface area contributed by atoms with Crippen LogP contribution in [0.2, 0.25) is 10.0 Å². The molecule has 174 valence electrons. The van der Waals surface area contributed by atoms with Crippen molar-refractivity contribution in [3.8, 4) is 11.5 Å². The second-order valence-electron chi connectivity index (χ2n) is 7.90. The number of hydrogen-bond donors (Lipinski definition) is 0. The van der Waals surface area contributed by atoms with Gasteiger partial charge in [-0.25, -0.2) is 9.96 Å². The first-order chi connectivity index (χ1) is 16.4. The molecule has 2 heterocycles. The van der Waals surface area contributed by atoms with Crippen LogP contribution in [0.5, 0.6) is 11.5 Å². The molecular formula is C25H20Cl2N2O5. The van der Waals surface area contributed by atoms with Crippen LogP contribution in [0.4, 0.5) is 11.4 Å². The van der Waals surface area contributed by atoms with Crippen molar-refractivity contribution in [2.75, 3.05) is 24.2 Å². The molecule has 2 amide bonds. The summed E-state index contributed by atoms with van der Waals surface area (Å²) in [7, 11) is 3.10. The highest BCUT2D eigenvalue weighted by atomic mass is 35.5. The number of amides is 2. The van der Waals surface area contributed by atoms with Crippen LogP contribution in [0.15, 0.2) is 66.7 Å². The Bertz CT molecular complexity index is 1270. The van der Waals surface area contributed by atoms with Crippen LogP contribution in [0.25, 0.3) is 0 Å². The molecule has 0 N–H and O–H groups in total. The van der Waals surface area contributed by atoms with Crippen molar-refractivity contribution in [3.05, 3.63) is 82.3 Å². The summed E-state index contributed by atoms with van der Waals surface area (Å²) in [5, 5.41) is 2.56. The second-order valence-corrected chi connectivity index (χ2v) is 8.77. The molecule has 34 heavy (non-hydrogen) atoms. The van der Waals surface area contributed by atoms with E-state index in [0.717, 1.165) is 4.90 Å². The van der Waals surface area contributed by atoms with Crippen molar-refractivity contribution in [2.24, 2.45) is 5.92 Å². The molecule has 0 spiro atoms. The predicted molar refractivity (Wildman–Crippen MR) is 129 cm³/mol. The van der Waals surface area contributed by atoms with Gasteiger partial charge in [0.1, 0.15) is 17.4 Å². The van der Waals surface area contributed by atoms with Crippen molar-refractivity contribution in [1.29, 1.82) is 0 Å². The number of halogens is 2. The number of hydrogen-bond acceptors (Lipinski definition) is 6.